The van der Waals surface area contributed by atoms with Crippen LogP contribution in [0.4, 0.5) is 13.2 Å². The standard InChI is InChI=1S/C17H28F3N5O/c1-12-14(16(26)21-8-6-9-23(2)3)15(17(18,19)20)22-25(12)11-13-7-5-10-24(13)4/h13H,5-11H2,1-4H3,(H,21,26). The Balaban J connectivity index is 2.18. The minimum atomic E-state index is -4.66. The summed E-state index contributed by atoms with van der Waals surface area (Å²) in [4.78, 5) is 16.5. The molecule has 0 aliphatic carbocycles. The Morgan fingerprint density at radius 1 is 1.38 bits per heavy atom. The maximum Gasteiger partial charge on any atom is 0.435 e. The first-order chi connectivity index (χ1) is 12.1. The van der Waals surface area contributed by atoms with Gasteiger partial charge in [0.15, 0.2) is 5.69 Å². The number of hydrogen-bond donors (Lipinski definition) is 1. The van der Waals surface area contributed by atoms with Crippen LogP contribution in [0.15, 0.2) is 0 Å². The monoisotopic (exact) mass is 375 g/mol. The van der Waals surface area contributed by atoms with E-state index in [0.29, 0.717) is 19.5 Å². The number of nitrogens with one attached hydrogen (secondary N) is 1. The van der Waals surface area contributed by atoms with Gasteiger partial charge in [-0.1, -0.05) is 0 Å². The number of carbonyl (C=O) groups excluding carboxylic acids is 1. The highest BCUT2D eigenvalue weighted by Crippen LogP contribution is 2.33. The molecule has 6 nitrogen and oxygen atoms in total. The van der Waals surface area contributed by atoms with Crippen molar-refractivity contribution in [3.8, 4) is 0 Å². The largest absolute Gasteiger partial charge is 0.435 e. The molecule has 1 aliphatic rings. The molecule has 0 bridgehead atoms. The van der Waals surface area contributed by atoms with Crippen molar-refractivity contribution in [3.63, 3.8) is 0 Å². The minimum absolute atomic E-state index is 0.144. The lowest BCUT2D eigenvalue weighted by Crippen LogP contribution is -2.30. The number of aromatic nitrogens is 2. The molecular weight excluding hydrogens is 347 g/mol. The Hall–Kier alpha value is -1.61. The van der Waals surface area contributed by atoms with Crippen LogP contribution in [0.2, 0.25) is 0 Å². The molecule has 1 aromatic heterocycles. The number of likely N-dealkylation sites (tertiary alicyclic amines) is 1. The fourth-order valence-corrected chi connectivity index (χ4v) is 3.29. The molecule has 1 fully saturated rings. The van der Waals surface area contributed by atoms with E-state index in [1.165, 1.54) is 11.6 Å². The third-order valence-corrected chi connectivity index (χ3v) is 4.82. The zero-order valence-electron chi connectivity index (χ0n) is 15.9. The van der Waals surface area contributed by atoms with Gasteiger partial charge in [-0.25, -0.2) is 0 Å². The topological polar surface area (TPSA) is 53.4 Å². The first-order valence-electron chi connectivity index (χ1n) is 8.89. The second-order valence-corrected chi connectivity index (χ2v) is 7.18. The Kier molecular flexibility index (Phi) is 6.68. The molecule has 26 heavy (non-hydrogen) atoms. The van der Waals surface area contributed by atoms with E-state index in [2.05, 4.69) is 15.3 Å². The number of halogens is 3. The number of hydrogen-bond acceptors (Lipinski definition) is 4. The van der Waals surface area contributed by atoms with Crippen LogP contribution in [0.25, 0.3) is 0 Å². The Labute approximate surface area is 152 Å². The van der Waals surface area contributed by atoms with E-state index < -0.39 is 17.8 Å². The summed E-state index contributed by atoms with van der Waals surface area (Å²) in [6.45, 7) is 3.89. The van der Waals surface area contributed by atoms with Crippen LogP contribution in [0.1, 0.15) is 41.0 Å². The van der Waals surface area contributed by atoms with Gasteiger partial charge in [0.1, 0.15) is 0 Å². The fourth-order valence-electron chi connectivity index (χ4n) is 3.29. The third kappa shape index (κ3) is 4.97. The molecule has 1 amide bonds. The quantitative estimate of drug-likeness (QED) is 0.741. The third-order valence-electron chi connectivity index (χ3n) is 4.82. The summed E-state index contributed by atoms with van der Waals surface area (Å²) in [6, 6.07) is 0.144. The van der Waals surface area contributed by atoms with Crippen molar-refractivity contribution in [1.82, 2.24) is 24.9 Å². The second kappa shape index (κ2) is 8.39. The lowest BCUT2D eigenvalue weighted by molar-refractivity contribution is -0.141. The molecule has 1 N–H and O–H groups in total. The number of amides is 1. The highest BCUT2D eigenvalue weighted by molar-refractivity contribution is 5.96. The van der Waals surface area contributed by atoms with Gasteiger partial charge in [-0.3, -0.25) is 9.48 Å². The molecule has 1 aromatic rings. The van der Waals surface area contributed by atoms with E-state index >= 15 is 0 Å². The maximum absolute atomic E-state index is 13.4. The SMILES string of the molecule is Cc1c(C(=O)NCCCN(C)C)c(C(F)(F)F)nn1CC1CCCN1C. The van der Waals surface area contributed by atoms with Gasteiger partial charge in [0.25, 0.3) is 5.91 Å². The number of likely N-dealkylation sites (N-methyl/N-ethyl adjacent to an activating group) is 1. The highest BCUT2D eigenvalue weighted by atomic mass is 19.4. The molecule has 0 saturated carbocycles. The normalized spacial score (nSPS) is 18.7. The van der Waals surface area contributed by atoms with Crippen LogP contribution in [0.3, 0.4) is 0 Å². The molecule has 1 saturated heterocycles. The van der Waals surface area contributed by atoms with Crippen molar-refractivity contribution in [2.75, 3.05) is 40.8 Å². The average molecular weight is 375 g/mol. The van der Waals surface area contributed by atoms with Crippen LogP contribution in [0.5, 0.6) is 0 Å². The molecule has 0 radical (unpaired) electrons. The van der Waals surface area contributed by atoms with Crippen LogP contribution in [0, 0.1) is 6.92 Å². The molecule has 1 aliphatic heterocycles. The molecular formula is C17H28F3N5O. The number of rotatable bonds is 7. The van der Waals surface area contributed by atoms with Crippen molar-refractivity contribution in [2.24, 2.45) is 0 Å². The van der Waals surface area contributed by atoms with Gasteiger partial charge < -0.3 is 15.1 Å². The van der Waals surface area contributed by atoms with E-state index in [9.17, 15) is 18.0 Å². The van der Waals surface area contributed by atoms with Crippen molar-refractivity contribution in [1.29, 1.82) is 0 Å². The van der Waals surface area contributed by atoms with Crippen molar-refractivity contribution in [3.05, 3.63) is 17.0 Å². The number of alkyl halides is 3. The average Bonchev–Trinajstić information content (AvgIpc) is 3.08. The number of nitrogens with zero attached hydrogens (tertiary/aromatic N) is 4. The van der Waals surface area contributed by atoms with Gasteiger partial charge in [0.2, 0.25) is 0 Å². The lowest BCUT2D eigenvalue weighted by atomic mass is 10.1. The van der Waals surface area contributed by atoms with E-state index in [-0.39, 0.29) is 17.3 Å². The van der Waals surface area contributed by atoms with Crippen molar-refractivity contribution < 1.29 is 18.0 Å². The molecule has 148 valence electrons. The van der Waals surface area contributed by atoms with Gasteiger partial charge in [0.05, 0.1) is 12.1 Å². The smallest absolute Gasteiger partial charge is 0.352 e. The zero-order valence-corrected chi connectivity index (χ0v) is 15.9. The fraction of sp³-hybridized carbons (Fsp3) is 0.765. The van der Waals surface area contributed by atoms with Gasteiger partial charge in [-0.15, -0.1) is 0 Å². The number of carbonyl (C=O) groups is 1. The summed E-state index contributed by atoms with van der Waals surface area (Å²) in [6.07, 6.45) is -2.05. The summed E-state index contributed by atoms with van der Waals surface area (Å²) < 4.78 is 41.6. The predicted octanol–water partition coefficient (Wildman–Crippen LogP) is 1.99. The summed E-state index contributed by atoms with van der Waals surface area (Å²) in [7, 11) is 5.76. The molecule has 0 aromatic carbocycles. The maximum atomic E-state index is 13.4. The summed E-state index contributed by atoms with van der Waals surface area (Å²) in [5.74, 6) is -0.709. The molecule has 9 heteroatoms. The van der Waals surface area contributed by atoms with Crippen LogP contribution < -0.4 is 5.32 Å². The molecule has 1 unspecified atom stereocenters. The Bertz CT molecular complexity index is 627. The summed E-state index contributed by atoms with van der Waals surface area (Å²) >= 11 is 0. The first kappa shape index (κ1) is 20.7. The van der Waals surface area contributed by atoms with Crippen LogP contribution >= 0.6 is 0 Å². The Morgan fingerprint density at radius 3 is 2.62 bits per heavy atom. The molecule has 2 heterocycles. The summed E-state index contributed by atoms with van der Waals surface area (Å²) in [5, 5.41) is 6.35. The van der Waals surface area contributed by atoms with Crippen molar-refractivity contribution >= 4 is 5.91 Å². The van der Waals surface area contributed by atoms with Gasteiger partial charge in [-0.05, 0) is 60.4 Å². The summed E-state index contributed by atoms with van der Waals surface area (Å²) in [5.41, 5.74) is -1.19. The molecule has 2 rings (SSSR count). The van der Waals surface area contributed by atoms with Gasteiger partial charge in [-0.2, -0.15) is 18.3 Å². The van der Waals surface area contributed by atoms with E-state index in [4.69, 9.17) is 0 Å². The minimum Gasteiger partial charge on any atom is -0.352 e. The highest BCUT2D eigenvalue weighted by Gasteiger charge is 2.41. The van der Waals surface area contributed by atoms with Crippen LogP contribution in [-0.2, 0) is 12.7 Å². The molecule has 0 spiro atoms. The van der Waals surface area contributed by atoms with Crippen LogP contribution in [-0.4, -0.2) is 72.3 Å². The van der Waals surface area contributed by atoms with E-state index in [1.807, 2.05) is 26.0 Å². The van der Waals surface area contributed by atoms with Crippen molar-refractivity contribution in [2.45, 2.75) is 44.9 Å². The van der Waals surface area contributed by atoms with Gasteiger partial charge >= 0.3 is 6.18 Å². The first-order valence-corrected chi connectivity index (χ1v) is 8.89. The zero-order chi connectivity index (χ0) is 19.5. The lowest BCUT2D eigenvalue weighted by Gasteiger charge is -2.20. The van der Waals surface area contributed by atoms with Gasteiger partial charge in [0, 0.05) is 18.3 Å². The van der Waals surface area contributed by atoms with E-state index in [1.54, 1.807) is 0 Å². The molecule has 1 atom stereocenters. The second-order valence-electron chi connectivity index (χ2n) is 7.18. The predicted molar refractivity (Wildman–Crippen MR) is 93.1 cm³/mol. The van der Waals surface area contributed by atoms with E-state index in [0.717, 1.165) is 25.9 Å². The Morgan fingerprint density at radius 2 is 2.08 bits per heavy atom.